The second-order valence-electron chi connectivity index (χ2n) is 14.5. The van der Waals surface area contributed by atoms with Gasteiger partial charge in [0.15, 0.2) is 0 Å². The molecule has 0 aromatic heterocycles. The van der Waals surface area contributed by atoms with E-state index in [1.807, 2.05) is 32.9 Å². The number of benzene rings is 1. The fourth-order valence-corrected chi connectivity index (χ4v) is 8.53. The van der Waals surface area contributed by atoms with Gasteiger partial charge in [0.1, 0.15) is 35.3 Å². The summed E-state index contributed by atoms with van der Waals surface area (Å²) in [6.45, 7) is 12.3. The van der Waals surface area contributed by atoms with Crippen LogP contribution in [0.1, 0.15) is 118 Å². The summed E-state index contributed by atoms with van der Waals surface area (Å²) in [5.74, 6) is -2.28. The molecule has 1 aromatic carbocycles. The maximum Gasteiger partial charge on any atom is 0.330 e. The van der Waals surface area contributed by atoms with E-state index in [0.29, 0.717) is 85.2 Å². The van der Waals surface area contributed by atoms with Crippen molar-refractivity contribution >= 4 is 53.4 Å². The molecule has 13 nitrogen and oxygen atoms in total. The van der Waals surface area contributed by atoms with Gasteiger partial charge in [0.2, 0.25) is 0 Å². The van der Waals surface area contributed by atoms with E-state index < -0.39 is 24.0 Å². The van der Waals surface area contributed by atoms with E-state index in [9.17, 15) is 34.5 Å². The summed E-state index contributed by atoms with van der Waals surface area (Å²) >= 11 is 2.21. The number of hydrogen-bond donors (Lipinski definition) is 0. The zero-order chi connectivity index (χ0) is 42.5. The molecule has 1 saturated carbocycles. The number of thioether (sulfide) groups is 2. The molecule has 0 radical (unpaired) electrons. The van der Waals surface area contributed by atoms with Crippen molar-refractivity contribution in [1.82, 2.24) is 0 Å². The van der Waals surface area contributed by atoms with Crippen molar-refractivity contribution in [2.75, 3.05) is 19.8 Å². The standard InChI is InChI=1S/C43H56N2O11S2/c1-6-28(3)40(48)54-33-19-17-31(18-20-33)42(50)56-35-22-21-34(38-39(35)58-43(57-38)32(26-44)27-45)55-37(47)16-12-15-30(5)53-41(49)29(4)14-13-24-51-23-10-8-9-11-25-52-36(46)7-2/h7,21-22,28-31,33H,2,6,8-20,23-25H2,1,3-5H3. The Morgan fingerprint density at radius 1 is 0.810 bits per heavy atom. The van der Waals surface area contributed by atoms with Crippen LogP contribution in [0.5, 0.6) is 11.5 Å². The Kier molecular flexibility index (Phi) is 21.5. The zero-order valence-electron chi connectivity index (χ0n) is 34.0. The first-order valence-electron chi connectivity index (χ1n) is 20.2. The number of ether oxygens (including phenoxy) is 6. The summed E-state index contributed by atoms with van der Waals surface area (Å²) < 4.78 is 33.8. The van der Waals surface area contributed by atoms with E-state index in [1.54, 1.807) is 13.0 Å². The third-order valence-corrected chi connectivity index (χ3v) is 12.5. The van der Waals surface area contributed by atoms with Gasteiger partial charge in [0.05, 0.1) is 44.5 Å². The number of fused-ring (bicyclic) bond motifs is 1. The molecule has 1 heterocycles. The van der Waals surface area contributed by atoms with Gasteiger partial charge in [-0.05, 0) is 96.1 Å². The second kappa shape index (κ2) is 25.9. The number of rotatable bonds is 24. The first kappa shape index (κ1) is 48.1. The molecule has 0 N–H and O–H groups in total. The predicted octanol–water partition coefficient (Wildman–Crippen LogP) is 8.93. The summed E-state index contributed by atoms with van der Waals surface area (Å²) in [4.78, 5) is 63.0. The molecule has 0 spiro atoms. The minimum atomic E-state index is -0.512. The molecule has 1 aliphatic heterocycles. The van der Waals surface area contributed by atoms with E-state index in [-0.39, 0.29) is 59.3 Å². The first-order chi connectivity index (χ1) is 27.9. The smallest absolute Gasteiger partial charge is 0.330 e. The van der Waals surface area contributed by atoms with Crippen molar-refractivity contribution < 1.29 is 52.4 Å². The number of unbranched alkanes of at least 4 members (excludes halogenated alkanes) is 3. The van der Waals surface area contributed by atoms with E-state index in [1.165, 1.54) is 6.07 Å². The Morgan fingerprint density at radius 2 is 1.43 bits per heavy atom. The highest BCUT2D eigenvalue weighted by Crippen LogP contribution is 2.59. The van der Waals surface area contributed by atoms with Crippen LogP contribution in [0.25, 0.3) is 0 Å². The number of carbonyl (C=O) groups excluding carboxylic acids is 5. The lowest BCUT2D eigenvalue weighted by Gasteiger charge is -2.28. The van der Waals surface area contributed by atoms with Crippen molar-refractivity contribution in [1.29, 1.82) is 10.5 Å². The van der Waals surface area contributed by atoms with Gasteiger partial charge in [-0.3, -0.25) is 19.2 Å². The van der Waals surface area contributed by atoms with Crippen LogP contribution < -0.4 is 9.47 Å². The highest BCUT2D eigenvalue weighted by atomic mass is 32.2. The molecule has 1 fully saturated rings. The third-order valence-electron chi connectivity index (χ3n) is 9.83. The molecule has 58 heavy (non-hydrogen) atoms. The average molecular weight is 841 g/mol. The Morgan fingerprint density at radius 3 is 2.05 bits per heavy atom. The van der Waals surface area contributed by atoms with Gasteiger partial charge < -0.3 is 28.4 Å². The van der Waals surface area contributed by atoms with Crippen molar-refractivity contribution in [2.45, 2.75) is 140 Å². The molecule has 0 saturated heterocycles. The summed E-state index contributed by atoms with van der Waals surface area (Å²) in [5.41, 5.74) is -0.109. The van der Waals surface area contributed by atoms with E-state index in [2.05, 4.69) is 6.58 Å². The number of nitrogens with zero attached hydrogens (tertiary/aromatic N) is 2. The molecule has 3 atom stereocenters. The van der Waals surface area contributed by atoms with Gasteiger partial charge in [0.25, 0.3) is 0 Å². The molecule has 1 aliphatic carbocycles. The van der Waals surface area contributed by atoms with Crippen LogP contribution in [0.4, 0.5) is 0 Å². The van der Waals surface area contributed by atoms with Gasteiger partial charge in [-0.15, -0.1) is 0 Å². The van der Waals surface area contributed by atoms with Crippen molar-refractivity contribution in [3.8, 4) is 23.6 Å². The molecule has 2 aliphatic rings. The van der Waals surface area contributed by atoms with Crippen LogP contribution in [-0.2, 0) is 42.9 Å². The van der Waals surface area contributed by atoms with E-state index in [4.69, 9.17) is 28.4 Å². The molecule has 0 amide bonds. The largest absolute Gasteiger partial charge is 0.463 e. The third kappa shape index (κ3) is 16.1. The van der Waals surface area contributed by atoms with Crippen molar-refractivity contribution in [3.63, 3.8) is 0 Å². The Bertz CT molecular complexity index is 1690. The molecule has 0 bridgehead atoms. The zero-order valence-corrected chi connectivity index (χ0v) is 35.7. The summed E-state index contributed by atoms with van der Waals surface area (Å²) in [7, 11) is 0. The summed E-state index contributed by atoms with van der Waals surface area (Å²) in [6, 6.07) is 6.85. The van der Waals surface area contributed by atoms with E-state index in [0.717, 1.165) is 61.7 Å². The predicted molar refractivity (Wildman–Crippen MR) is 217 cm³/mol. The first-order valence-corrected chi connectivity index (χ1v) is 21.8. The minimum Gasteiger partial charge on any atom is -0.463 e. The summed E-state index contributed by atoms with van der Waals surface area (Å²) in [6.07, 6.45) is 9.25. The molecule has 3 rings (SSSR count). The normalized spacial score (nSPS) is 17.3. The lowest BCUT2D eigenvalue weighted by Crippen LogP contribution is -2.31. The molecule has 3 unspecified atom stereocenters. The maximum atomic E-state index is 13.3. The minimum absolute atomic E-state index is 0.0561. The Hall–Kier alpha value is -4.31. The highest BCUT2D eigenvalue weighted by molar-refractivity contribution is 8.24. The van der Waals surface area contributed by atoms with Gasteiger partial charge >= 0.3 is 29.8 Å². The highest BCUT2D eigenvalue weighted by Gasteiger charge is 2.34. The SMILES string of the molecule is C=CC(=O)OCCCCCCOCCCC(C)C(=O)OC(C)CCCC(=O)Oc1ccc(OC(=O)C2CCC(OC(=O)C(C)CC)CC2)c2c1SC(=C(C#N)C#N)S2. The maximum absolute atomic E-state index is 13.3. The number of allylic oxidation sites excluding steroid dienone is 1. The van der Waals surface area contributed by atoms with Gasteiger partial charge in [-0.1, -0.05) is 57.3 Å². The molecular weight excluding hydrogens is 785 g/mol. The van der Waals surface area contributed by atoms with Crippen LogP contribution in [0, 0.1) is 40.4 Å². The quantitative estimate of drug-likeness (QED) is 0.0239. The fraction of sp³-hybridized carbons (Fsp3) is 0.605. The topological polar surface area (TPSA) is 188 Å². The number of hydrogen-bond acceptors (Lipinski definition) is 15. The van der Waals surface area contributed by atoms with Crippen molar-refractivity contribution in [2.24, 2.45) is 17.8 Å². The fourth-order valence-electron chi connectivity index (χ4n) is 6.04. The van der Waals surface area contributed by atoms with Crippen LogP contribution in [0.2, 0.25) is 0 Å². The number of esters is 5. The van der Waals surface area contributed by atoms with Gasteiger partial charge in [-0.2, -0.15) is 10.5 Å². The van der Waals surface area contributed by atoms with Crippen molar-refractivity contribution in [3.05, 3.63) is 34.6 Å². The number of carbonyl (C=O) groups is 5. The average Bonchev–Trinajstić information content (AvgIpc) is 3.67. The second-order valence-corrected chi connectivity index (χ2v) is 16.8. The molecule has 15 heteroatoms. The van der Waals surface area contributed by atoms with E-state index >= 15 is 0 Å². The molecule has 316 valence electrons. The lowest BCUT2D eigenvalue weighted by molar-refractivity contribution is -0.156. The molecule has 1 aromatic rings. The van der Waals surface area contributed by atoms with Crippen LogP contribution in [0.3, 0.4) is 0 Å². The monoisotopic (exact) mass is 840 g/mol. The molecular formula is C43H56N2O11S2. The van der Waals surface area contributed by atoms with Crippen LogP contribution >= 0.6 is 23.5 Å². The number of nitriles is 2. The van der Waals surface area contributed by atoms with Gasteiger partial charge in [-0.25, -0.2) is 4.79 Å². The van der Waals surface area contributed by atoms with Crippen LogP contribution in [0.15, 0.2) is 44.4 Å². The summed E-state index contributed by atoms with van der Waals surface area (Å²) in [5, 5.41) is 19.0. The lowest BCUT2D eigenvalue weighted by atomic mass is 9.87. The Labute approximate surface area is 350 Å². The Balaban J connectivity index is 1.42. The van der Waals surface area contributed by atoms with Crippen LogP contribution in [-0.4, -0.2) is 61.9 Å². The van der Waals surface area contributed by atoms with Gasteiger partial charge in [0, 0.05) is 25.7 Å².